The lowest BCUT2D eigenvalue weighted by Crippen LogP contribution is -2.37. The van der Waals surface area contributed by atoms with Gasteiger partial charge < -0.3 is 10.6 Å². The summed E-state index contributed by atoms with van der Waals surface area (Å²) in [5.74, 6) is 0.804. The summed E-state index contributed by atoms with van der Waals surface area (Å²) in [5.41, 5.74) is 6.98. The highest BCUT2D eigenvalue weighted by Gasteiger charge is 2.12. The number of rotatable bonds is 8. The maximum atomic E-state index is 4.74. The average molecular weight is 535 g/mol. The Morgan fingerprint density at radius 3 is 2.39 bits per heavy atom. The first-order valence-electron chi connectivity index (χ1n) is 10.5. The van der Waals surface area contributed by atoms with Crippen molar-refractivity contribution < 1.29 is 0 Å². The third-order valence-electron chi connectivity index (χ3n) is 5.31. The van der Waals surface area contributed by atoms with E-state index in [-0.39, 0.29) is 24.0 Å². The summed E-state index contributed by atoms with van der Waals surface area (Å²) >= 11 is 0. The number of hydrogen-bond acceptors (Lipinski definition) is 3. The number of aryl methyl sites for hydroxylation is 4. The number of aliphatic imine (C=N–C) groups is 1. The predicted octanol–water partition coefficient (Wildman–Crippen LogP) is 3.73. The van der Waals surface area contributed by atoms with E-state index in [0.717, 1.165) is 43.4 Å². The van der Waals surface area contributed by atoms with E-state index in [2.05, 4.69) is 81.2 Å². The van der Waals surface area contributed by atoms with Gasteiger partial charge in [-0.25, -0.2) is 0 Å². The third kappa shape index (κ3) is 6.81. The van der Waals surface area contributed by atoms with E-state index in [1.54, 1.807) is 7.05 Å². The molecule has 0 amide bonds. The molecule has 0 radical (unpaired) electrons. The summed E-state index contributed by atoms with van der Waals surface area (Å²) in [6.45, 7) is 11.5. The standard InChI is InChI=1S/C23H33N7.HI/c1-17-14-18(2)29(27-17)13-9-12-25-23(24-5)26-15-22-19(3)28-30(20(22)4)16-21-10-7-6-8-11-21;/h6-8,10-11,14H,9,12-13,15-16H2,1-5H3,(H2,24,25,26);1H. The highest BCUT2D eigenvalue weighted by atomic mass is 127. The second kappa shape index (κ2) is 11.9. The molecule has 3 rings (SSSR count). The molecule has 0 bridgehead atoms. The Kier molecular flexibility index (Phi) is 9.54. The Labute approximate surface area is 202 Å². The molecule has 0 aliphatic carbocycles. The Morgan fingerprint density at radius 2 is 1.74 bits per heavy atom. The van der Waals surface area contributed by atoms with Crippen LogP contribution in [0.25, 0.3) is 0 Å². The number of nitrogens with zero attached hydrogens (tertiary/aromatic N) is 5. The number of aromatic nitrogens is 4. The molecule has 0 atom stereocenters. The second-order valence-electron chi connectivity index (χ2n) is 7.65. The quantitative estimate of drug-likeness (QED) is 0.200. The summed E-state index contributed by atoms with van der Waals surface area (Å²) in [6, 6.07) is 12.5. The SMILES string of the molecule is CN=C(NCCCn1nc(C)cc1C)NCc1c(C)nn(Cc2ccccc2)c1C.I. The van der Waals surface area contributed by atoms with Gasteiger partial charge in [0, 0.05) is 43.6 Å². The molecule has 0 saturated carbocycles. The van der Waals surface area contributed by atoms with Gasteiger partial charge in [0.15, 0.2) is 5.96 Å². The van der Waals surface area contributed by atoms with Crippen LogP contribution in [0, 0.1) is 27.7 Å². The smallest absolute Gasteiger partial charge is 0.191 e. The Balaban J connectivity index is 0.00000341. The largest absolute Gasteiger partial charge is 0.356 e. The average Bonchev–Trinajstić information content (AvgIpc) is 3.19. The number of benzene rings is 1. The van der Waals surface area contributed by atoms with Crippen LogP contribution in [0.3, 0.4) is 0 Å². The normalized spacial score (nSPS) is 11.3. The molecule has 2 aromatic heterocycles. The minimum absolute atomic E-state index is 0. The summed E-state index contributed by atoms with van der Waals surface area (Å²) < 4.78 is 4.13. The molecule has 7 nitrogen and oxygen atoms in total. The van der Waals surface area contributed by atoms with Crippen molar-refractivity contribution in [2.45, 2.75) is 53.8 Å². The van der Waals surface area contributed by atoms with Crippen LogP contribution < -0.4 is 10.6 Å². The molecule has 168 valence electrons. The zero-order valence-corrected chi connectivity index (χ0v) is 21.5. The van der Waals surface area contributed by atoms with Gasteiger partial charge in [-0.05, 0) is 45.7 Å². The Morgan fingerprint density at radius 1 is 1.00 bits per heavy atom. The topological polar surface area (TPSA) is 72.1 Å². The van der Waals surface area contributed by atoms with Crippen LogP contribution in [0.2, 0.25) is 0 Å². The lowest BCUT2D eigenvalue weighted by Gasteiger charge is -2.13. The molecule has 0 aliphatic rings. The second-order valence-corrected chi connectivity index (χ2v) is 7.65. The summed E-state index contributed by atoms with van der Waals surface area (Å²) in [7, 11) is 1.80. The monoisotopic (exact) mass is 535 g/mol. The van der Waals surface area contributed by atoms with Gasteiger partial charge in [-0.3, -0.25) is 14.4 Å². The molecule has 3 aromatic rings. The summed E-state index contributed by atoms with van der Waals surface area (Å²) in [6.07, 6.45) is 0.982. The predicted molar refractivity (Wildman–Crippen MR) is 137 cm³/mol. The van der Waals surface area contributed by atoms with Crippen LogP contribution in [0.1, 0.15) is 40.3 Å². The van der Waals surface area contributed by atoms with E-state index in [1.807, 2.05) is 13.0 Å². The molecule has 2 heterocycles. The van der Waals surface area contributed by atoms with Gasteiger partial charge >= 0.3 is 0 Å². The van der Waals surface area contributed by atoms with Crippen molar-refractivity contribution >= 4 is 29.9 Å². The zero-order valence-electron chi connectivity index (χ0n) is 19.1. The van der Waals surface area contributed by atoms with Crippen LogP contribution in [0.4, 0.5) is 0 Å². The molecule has 2 N–H and O–H groups in total. The van der Waals surface area contributed by atoms with Gasteiger partial charge in [0.05, 0.1) is 17.9 Å². The molecule has 8 heteroatoms. The molecule has 0 unspecified atom stereocenters. The first kappa shape index (κ1) is 24.9. The van der Waals surface area contributed by atoms with Gasteiger partial charge in [0.2, 0.25) is 0 Å². The Hall–Kier alpha value is -2.36. The first-order valence-corrected chi connectivity index (χ1v) is 10.5. The van der Waals surface area contributed by atoms with Crippen molar-refractivity contribution in [3.8, 4) is 0 Å². The van der Waals surface area contributed by atoms with E-state index in [4.69, 9.17) is 5.10 Å². The van der Waals surface area contributed by atoms with Crippen molar-refractivity contribution in [2.75, 3.05) is 13.6 Å². The zero-order chi connectivity index (χ0) is 21.5. The molecular weight excluding hydrogens is 501 g/mol. The fourth-order valence-corrected chi connectivity index (χ4v) is 3.63. The van der Waals surface area contributed by atoms with Crippen molar-refractivity contribution in [1.82, 2.24) is 30.2 Å². The number of halogens is 1. The van der Waals surface area contributed by atoms with E-state index in [9.17, 15) is 0 Å². The lowest BCUT2D eigenvalue weighted by molar-refractivity contribution is 0.555. The lowest BCUT2D eigenvalue weighted by atomic mass is 10.2. The van der Waals surface area contributed by atoms with Crippen LogP contribution in [0.5, 0.6) is 0 Å². The van der Waals surface area contributed by atoms with E-state index >= 15 is 0 Å². The summed E-state index contributed by atoms with van der Waals surface area (Å²) in [5, 5.41) is 16.1. The minimum Gasteiger partial charge on any atom is -0.356 e. The highest BCUT2D eigenvalue weighted by Crippen LogP contribution is 2.14. The van der Waals surface area contributed by atoms with Gasteiger partial charge in [-0.1, -0.05) is 30.3 Å². The summed E-state index contributed by atoms with van der Waals surface area (Å²) in [4.78, 5) is 4.35. The van der Waals surface area contributed by atoms with Crippen molar-refractivity contribution in [2.24, 2.45) is 4.99 Å². The van der Waals surface area contributed by atoms with E-state index in [1.165, 1.54) is 22.5 Å². The van der Waals surface area contributed by atoms with E-state index < -0.39 is 0 Å². The molecule has 0 fully saturated rings. The molecular formula is C23H34IN7. The Bertz CT molecular complexity index is 989. The van der Waals surface area contributed by atoms with Gasteiger partial charge in [-0.2, -0.15) is 10.2 Å². The molecule has 1 aromatic carbocycles. The van der Waals surface area contributed by atoms with Crippen molar-refractivity contribution in [3.63, 3.8) is 0 Å². The maximum absolute atomic E-state index is 4.74. The molecule has 31 heavy (non-hydrogen) atoms. The molecule has 0 saturated heterocycles. The highest BCUT2D eigenvalue weighted by molar-refractivity contribution is 14.0. The van der Waals surface area contributed by atoms with Crippen LogP contribution in [0.15, 0.2) is 41.4 Å². The molecule has 0 spiro atoms. The number of hydrogen-bond donors (Lipinski definition) is 2. The number of guanidine groups is 1. The minimum atomic E-state index is 0. The van der Waals surface area contributed by atoms with Gasteiger partial charge in [-0.15, -0.1) is 24.0 Å². The fourth-order valence-electron chi connectivity index (χ4n) is 3.63. The first-order chi connectivity index (χ1) is 14.5. The van der Waals surface area contributed by atoms with Crippen molar-refractivity contribution in [1.29, 1.82) is 0 Å². The van der Waals surface area contributed by atoms with E-state index in [0.29, 0.717) is 6.54 Å². The van der Waals surface area contributed by atoms with Gasteiger partial charge in [0.1, 0.15) is 0 Å². The molecule has 0 aliphatic heterocycles. The third-order valence-corrected chi connectivity index (χ3v) is 5.31. The van der Waals surface area contributed by atoms with Gasteiger partial charge in [0.25, 0.3) is 0 Å². The maximum Gasteiger partial charge on any atom is 0.191 e. The number of nitrogens with one attached hydrogen (secondary N) is 2. The van der Waals surface area contributed by atoms with Crippen LogP contribution in [-0.2, 0) is 19.6 Å². The van der Waals surface area contributed by atoms with Crippen LogP contribution >= 0.6 is 24.0 Å². The van der Waals surface area contributed by atoms with Crippen LogP contribution in [-0.4, -0.2) is 39.1 Å². The van der Waals surface area contributed by atoms with Crippen molar-refractivity contribution in [3.05, 3.63) is 70.3 Å². The fraction of sp³-hybridized carbons (Fsp3) is 0.435.